The molecule has 4 aromatic rings. The molecule has 0 spiro atoms. The van der Waals surface area contributed by atoms with Gasteiger partial charge in [-0.05, 0) is 42.3 Å². The maximum absolute atomic E-state index is 12.8. The number of benzene rings is 2. The number of nitrogens with zero attached hydrogens (tertiary/aromatic N) is 6. The van der Waals surface area contributed by atoms with Crippen molar-refractivity contribution in [3.05, 3.63) is 83.7 Å². The van der Waals surface area contributed by atoms with Crippen molar-refractivity contribution in [2.24, 2.45) is 0 Å². The Morgan fingerprint density at radius 1 is 0.917 bits per heavy atom. The molecule has 0 bridgehead atoms. The van der Waals surface area contributed by atoms with E-state index in [1.54, 1.807) is 35.1 Å². The monoisotopic (exact) mass is 506 g/mol. The number of hydrogen-bond donors (Lipinski definition) is 0. The first-order valence-electron chi connectivity index (χ1n) is 11.6. The lowest BCUT2D eigenvalue weighted by molar-refractivity contribution is -0.130. The highest BCUT2D eigenvalue weighted by Crippen LogP contribution is 2.17. The number of amides is 1. The van der Waals surface area contributed by atoms with E-state index in [1.807, 2.05) is 36.1 Å². The van der Waals surface area contributed by atoms with Crippen LogP contribution in [0.1, 0.15) is 16.7 Å². The van der Waals surface area contributed by atoms with Crippen LogP contribution < -0.4 is 4.90 Å². The van der Waals surface area contributed by atoms with Gasteiger partial charge >= 0.3 is 0 Å². The molecule has 0 N–H and O–H groups in total. The molecule has 2 aromatic heterocycles. The maximum Gasteiger partial charge on any atom is 0.297 e. The number of fused-ring (bicyclic) bond motifs is 1. The number of aromatic nitrogens is 4. The highest BCUT2D eigenvalue weighted by atomic mass is 32.2. The molecule has 1 aliphatic rings. The third kappa shape index (κ3) is 5.37. The fraction of sp³-hybridized carbons (Fsp3) is 0.280. The molecule has 0 saturated carbocycles. The second-order valence-electron chi connectivity index (χ2n) is 8.72. The van der Waals surface area contributed by atoms with Crippen LogP contribution in [-0.4, -0.2) is 65.2 Å². The summed E-state index contributed by atoms with van der Waals surface area (Å²) in [5.74, 6) is 0.888. The molecule has 1 amide bonds. The van der Waals surface area contributed by atoms with Gasteiger partial charge in [0.1, 0.15) is 12.1 Å². The Morgan fingerprint density at radius 2 is 1.61 bits per heavy atom. The zero-order chi connectivity index (χ0) is 25.1. The molecule has 1 fully saturated rings. The van der Waals surface area contributed by atoms with Crippen molar-refractivity contribution < 1.29 is 17.4 Å². The smallest absolute Gasteiger partial charge is 0.297 e. The first-order chi connectivity index (χ1) is 17.4. The van der Waals surface area contributed by atoms with E-state index < -0.39 is 10.1 Å². The van der Waals surface area contributed by atoms with Crippen LogP contribution in [-0.2, 0) is 32.1 Å². The van der Waals surface area contributed by atoms with E-state index in [9.17, 15) is 13.2 Å². The predicted molar refractivity (Wildman–Crippen MR) is 133 cm³/mol. The van der Waals surface area contributed by atoms with Crippen LogP contribution >= 0.6 is 0 Å². The molecule has 0 atom stereocenters. The van der Waals surface area contributed by atoms with E-state index in [-0.39, 0.29) is 23.8 Å². The summed E-state index contributed by atoms with van der Waals surface area (Å²) in [5.41, 5.74) is 3.25. The van der Waals surface area contributed by atoms with Gasteiger partial charge in [0, 0.05) is 26.2 Å². The average molecular weight is 507 g/mol. The Kier molecular flexibility index (Phi) is 6.66. The molecule has 186 valence electrons. The summed E-state index contributed by atoms with van der Waals surface area (Å²) in [6.45, 7) is 4.44. The Morgan fingerprint density at radius 3 is 2.33 bits per heavy atom. The van der Waals surface area contributed by atoms with Gasteiger partial charge in [0.15, 0.2) is 5.65 Å². The molecule has 11 heteroatoms. The fourth-order valence-electron chi connectivity index (χ4n) is 4.03. The standard InChI is InChI=1S/C25H26N6O4S/c1-19-2-8-22(9-3-19)36(33,34)35-17-21-6-4-20(5-7-21)16-25(32)30-14-12-29(13-15-30)24-11-10-23-27-26-18-31(23)28-24/h2-11,18H,12-17H2,1H3. The highest BCUT2D eigenvalue weighted by Gasteiger charge is 2.22. The van der Waals surface area contributed by atoms with Crippen molar-refractivity contribution in [3.8, 4) is 0 Å². The van der Waals surface area contributed by atoms with E-state index in [4.69, 9.17) is 4.18 Å². The van der Waals surface area contributed by atoms with Crippen LogP contribution in [0.25, 0.3) is 5.65 Å². The second-order valence-corrected chi connectivity index (χ2v) is 10.3. The molecular weight excluding hydrogens is 480 g/mol. The molecule has 0 radical (unpaired) electrons. The number of carbonyl (C=O) groups is 1. The van der Waals surface area contributed by atoms with Crippen molar-refractivity contribution >= 4 is 27.5 Å². The second kappa shape index (κ2) is 10.0. The van der Waals surface area contributed by atoms with Crippen LogP contribution in [0.3, 0.4) is 0 Å². The molecule has 36 heavy (non-hydrogen) atoms. The van der Waals surface area contributed by atoms with E-state index in [0.29, 0.717) is 37.4 Å². The van der Waals surface area contributed by atoms with Gasteiger partial charge in [0.2, 0.25) is 5.91 Å². The fourth-order valence-corrected chi connectivity index (χ4v) is 4.93. The van der Waals surface area contributed by atoms with Crippen molar-refractivity contribution in [2.75, 3.05) is 31.1 Å². The number of rotatable bonds is 7. The van der Waals surface area contributed by atoms with E-state index in [0.717, 1.165) is 16.9 Å². The summed E-state index contributed by atoms with van der Waals surface area (Å²) in [6, 6.07) is 17.6. The maximum atomic E-state index is 12.8. The topological polar surface area (TPSA) is 110 Å². The lowest BCUT2D eigenvalue weighted by atomic mass is 10.1. The van der Waals surface area contributed by atoms with Crippen molar-refractivity contribution in [2.45, 2.75) is 24.8 Å². The summed E-state index contributed by atoms with van der Waals surface area (Å²) in [5, 5.41) is 12.3. The lowest BCUT2D eigenvalue weighted by Gasteiger charge is -2.35. The molecule has 2 aromatic carbocycles. The van der Waals surface area contributed by atoms with Gasteiger partial charge in [-0.1, -0.05) is 42.0 Å². The Bertz CT molecular complexity index is 1460. The number of aryl methyl sites for hydroxylation is 1. The van der Waals surface area contributed by atoms with Crippen molar-refractivity contribution in [1.82, 2.24) is 24.7 Å². The largest absolute Gasteiger partial charge is 0.352 e. The zero-order valence-electron chi connectivity index (χ0n) is 19.8. The summed E-state index contributed by atoms with van der Waals surface area (Å²) in [4.78, 5) is 17.0. The third-order valence-electron chi connectivity index (χ3n) is 6.17. The SMILES string of the molecule is Cc1ccc(S(=O)(=O)OCc2ccc(CC(=O)N3CCN(c4ccc5nncn5n4)CC3)cc2)cc1. The molecule has 5 rings (SSSR count). The minimum absolute atomic E-state index is 0.0582. The number of hydrogen-bond acceptors (Lipinski definition) is 8. The van der Waals surface area contributed by atoms with Crippen LogP contribution in [0, 0.1) is 6.92 Å². The van der Waals surface area contributed by atoms with E-state index in [2.05, 4.69) is 20.2 Å². The quantitative estimate of drug-likeness (QED) is 0.351. The van der Waals surface area contributed by atoms with Crippen LogP contribution in [0.5, 0.6) is 0 Å². The molecule has 1 aliphatic heterocycles. The van der Waals surface area contributed by atoms with Crippen LogP contribution in [0.4, 0.5) is 5.82 Å². The normalized spacial score (nSPS) is 14.4. The van der Waals surface area contributed by atoms with Gasteiger partial charge in [0.25, 0.3) is 10.1 Å². The third-order valence-corrected chi connectivity index (χ3v) is 7.45. The van der Waals surface area contributed by atoms with Gasteiger partial charge in [-0.25, -0.2) is 0 Å². The van der Waals surface area contributed by atoms with Gasteiger partial charge in [-0.2, -0.15) is 12.9 Å². The van der Waals surface area contributed by atoms with E-state index in [1.165, 1.54) is 12.1 Å². The number of carbonyl (C=O) groups excluding carboxylic acids is 1. The lowest BCUT2D eigenvalue weighted by Crippen LogP contribution is -2.49. The Balaban J connectivity index is 1.12. The first-order valence-corrected chi connectivity index (χ1v) is 13.0. The van der Waals surface area contributed by atoms with Gasteiger partial charge in [0.05, 0.1) is 17.9 Å². The summed E-state index contributed by atoms with van der Waals surface area (Å²) in [6.07, 6.45) is 1.85. The molecule has 1 saturated heterocycles. The zero-order valence-corrected chi connectivity index (χ0v) is 20.6. The molecule has 0 aliphatic carbocycles. The highest BCUT2D eigenvalue weighted by molar-refractivity contribution is 7.86. The first kappa shape index (κ1) is 23.9. The summed E-state index contributed by atoms with van der Waals surface area (Å²) in [7, 11) is -3.83. The predicted octanol–water partition coefficient (Wildman–Crippen LogP) is 2.23. The molecule has 3 heterocycles. The van der Waals surface area contributed by atoms with Gasteiger partial charge in [-0.15, -0.1) is 15.3 Å². The molecular formula is C25H26N6O4S. The van der Waals surface area contributed by atoms with Crippen LogP contribution in [0.15, 0.2) is 71.9 Å². The van der Waals surface area contributed by atoms with E-state index >= 15 is 0 Å². The minimum atomic E-state index is -3.83. The van der Waals surface area contributed by atoms with Crippen LogP contribution in [0.2, 0.25) is 0 Å². The molecule has 10 nitrogen and oxygen atoms in total. The summed E-state index contributed by atoms with van der Waals surface area (Å²) >= 11 is 0. The molecule has 0 unspecified atom stereocenters. The number of piperazine rings is 1. The summed E-state index contributed by atoms with van der Waals surface area (Å²) < 4.78 is 31.6. The van der Waals surface area contributed by atoms with Crippen molar-refractivity contribution in [1.29, 1.82) is 0 Å². The Labute approximate surface area is 209 Å². The van der Waals surface area contributed by atoms with Gasteiger partial charge < -0.3 is 9.80 Å². The number of anilines is 1. The Hall–Kier alpha value is -3.83. The van der Waals surface area contributed by atoms with Gasteiger partial charge in [-0.3, -0.25) is 8.98 Å². The van der Waals surface area contributed by atoms with Crippen molar-refractivity contribution in [3.63, 3.8) is 0 Å². The average Bonchev–Trinajstić information content (AvgIpc) is 3.37. The minimum Gasteiger partial charge on any atom is -0.352 e.